The zero-order chi connectivity index (χ0) is 18.7. The van der Waals surface area contributed by atoms with Crippen molar-refractivity contribution in [2.75, 3.05) is 18.7 Å². The lowest BCUT2D eigenvalue weighted by Crippen LogP contribution is -2.15. The van der Waals surface area contributed by atoms with Crippen LogP contribution in [-0.2, 0) is 16.0 Å². The Morgan fingerprint density at radius 2 is 2.00 bits per heavy atom. The van der Waals surface area contributed by atoms with E-state index in [2.05, 4.69) is 5.32 Å². The van der Waals surface area contributed by atoms with Crippen molar-refractivity contribution in [3.63, 3.8) is 0 Å². The fraction of sp³-hybridized carbons (Fsp3) is 0.368. The van der Waals surface area contributed by atoms with Gasteiger partial charge < -0.3 is 19.5 Å². The van der Waals surface area contributed by atoms with Gasteiger partial charge in [-0.1, -0.05) is 6.07 Å². The summed E-state index contributed by atoms with van der Waals surface area (Å²) in [5.74, 6) is 0.883. The molecular formula is C19H21NO5S. The quantitative estimate of drug-likeness (QED) is 0.777. The van der Waals surface area contributed by atoms with E-state index in [-0.39, 0.29) is 12.7 Å². The molecule has 7 heteroatoms. The second-order valence-corrected chi connectivity index (χ2v) is 7.17. The maximum Gasteiger partial charge on any atom is 0.341 e. The van der Waals surface area contributed by atoms with Crippen molar-refractivity contribution in [3.8, 4) is 11.5 Å². The van der Waals surface area contributed by atoms with Crippen LogP contribution in [0.4, 0.5) is 5.00 Å². The van der Waals surface area contributed by atoms with Crippen molar-refractivity contribution in [1.82, 2.24) is 0 Å². The number of amides is 1. The van der Waals surface area contributed by atoms with Crippen LogP contribution in [0.3, 0.4) is 0 Å². The van der Waals surface area contributed by atoms with Gasteiger partial charge in [-0.3, -0.25) is 4.79 Å². The maximum atomic E-state index is 12.4. The summed E-state index contributed by atoms with van der Waals surface area (Å²) in [4.78, 5) is 25.5. The van der Waals surface area contributed by atoms with Gasteiger partial charge in [-0.2, -0.15) is 0 Å². The summed E-state index contributed by atoms with van der Waals surface area (Å²) >= 11 is 1.39. The molecule has 3 rings (SSSR count). The van der Waals surface area contributed by atoms with Crippen LogP contribution in [0.2, 0.25) is 0 Å². The van der Waals surface area contributed by atoms with Crippen LogP contribution in [0.1, 0.15) is 39.7 Å². The van der Waals surface area contributed by atoms with Crippen LogP contribution in [0.5, 0.6) is 11.5 Å². The lowest BCUT2D eigenvalue weighted by Gasteiger charge is -2.07. The number of hydrogen-bond acceptors (Lipinski definition) is 6. The van der Waals surface area contributed by atoms with E-state index in [4.69, 9.17) is 14.2 Å². The Morgan fingerprint density at radius 3 is 2.77 bits per heavy atom. The van der Waals surface area contributed by atoms with Crippen LogP contribution in [-0.4, -0.2) is 25.3 Å². The molecule has 1 aliphatic heterocycles. The Morgan fingerprint density at radius 1 is 1.23 bits per heavy atom. The highest BCUT2D eigenvalue weighted by Gasteiger charge is 2.22. The average molecular weight is 375 g/mol. The van der Waals surface area contributed by atoms with Crippen molar-refractivity contribution < 1.29 is 23.8 Å². The molecule has 1 aromatic carbocycles. The summed E-state index contributed by atoms with van der Waals surface area (Å²) in [5, 5.41) is 3.41. The second-order valence-electron chi connectivity index (χ2n) is 5.94. The molecule has 0 saturated carbocycles. The Bertz CT molecular complexity index is 843. The predicted molar refractivity (Wildman–Crippen MR) is 99.3 cm³/mol. The van der Waals surface area contributed by atoms with Gasteiger partial charge in [0.05, 0.1) is 12.2 Å². The first-order valence-electron chi connectivity index (χ1n) is 8.45. The standard InChI is InChI=1S/C19H21NO5S/c1-4-23-19(22)17-11(2)12(3)26-18(17)20-16(21)8-6-13-5-7-14-15(9-13)25-10-24-14/h5,7,9H,4,6,8,10H2,1-3H3,(H,20,21). The number of nitrogens with one attached hydrogen (secondary N) is 1. The number of fused-ring (bicyclic) bond motifs is 1. The normalized spacial score (nSPS) is 12.1. The molecule has 0 spiro atoms. The number of thiophene rings is 1. The molecule has 138 valence electrons. The van der Waals surface area contributed by atoms with Crippen LogP contribution < -0.4 is 14.8 Å². The smallest absolute Gasteiger partial charge is 0.341 e. The largest absolute Gasteiger partial charge is 0.462 e. The zero-order valence-corrected chi connectivity index (χ0v) is 15.8. The minimum absolute atomic E-state index is 0.144. The van der Waals surface area contributed by atoms with Crippen LogP contribution in [0.25, 0.3) is 0 Å². The van der Waals surface area contributed by atoms with Gasteiger partial charge in [0.25, 0.3) is 0 Å². The number of ether oxygens (including phenoxy) is 3. The number of benzene rings is 1. The van der Waals surface area contributed by atoms with Gasteiger partial charge in [0.15, 0.2) is 11.5 Å². The molecule has 0 atom stereocenters. The minimum atomic E-state index is -0.402. The van der Waals surface area contributed by atoms with E-state index in [0.717, 1.165) is 21.8 Å². The van der Waals surface area contributed by atoms with Gasteiger partial charge >= 0.3 is 5.97 Å². The van der Waals surface area contributed by atoms with E-state index in [1.165, 1.54) is 11.3 Å². The molecule has 0 aliphatic carbocycles. The summed E-state index contributed by atoms with van der Waals surface area (Å²) in [6, 6.07) is 5.66. The van der Waals surface area contributed by atoms with Crippen LogP contribution >= 0.6 is 11.3 Å². The molecule has 6 nitrogen and oxygen atoms in total. The van der Waals surface area contributed by atoms with E-state index >= 15 is 0 Å². The number of anilines is 1. The highest BCUT2D eigenvalue weighted by molar-refractivity contribution is 7.16. The highest BCUT2D eigenvalue weighted by Crippen LogP contribution is 2.34. The van der Waals surface area contributed by atoms with Gasteiger partial charge in [0, 0.05) is 11.3 Å². The van der Waals surface area contributed by atoms with Crippen molar-refractivity contribution >= 4 is 28.2 Å². The number of rotatable bonds is 6. The lowest BCUT2D eigenvalue weighted by molar-refractivity contribution is -0.116. The molecule has 2 aromatic rings. The SMILES string of the molecule is CCOC(=O)c1c(NC(=O)CCc2ccc3c(c2)OCO3)sc(C)c1C. The molecule has 0 radical (unpaired) electrons. The summed E-state index contributed by atoms with van der Waals surface area (Å²) in [5.41, 5.74) is 2.29. The summed E-state index contributed by atoms with van der Waals surface area (Å²) in [6.07, 6.45) is 0.873. The molecular weight excluding hydrogens is 354 g/mol. The minimum Gasteiger partial charge on any atom is -0.462 e. The predicted octanol–water partition coefficient (Wildman–Crippen LogP) is 3.84. The first-order chi connectivity index (χ1) is 12.5. The molecule has 1 aromatic heterocycles. The van der Waals surface area contributed by atoms with Crippen LogP contribution in [0.15, 0.2) is 18.2 Å². The van der Waals surface area contributed by atoms with Gasteiger partial charge in [-0.05, 0) is 50.5 Å². The average Bonchev–Trinajstić information content (AvgIpc) is 3.17. The molecule has 0 unspecified atom stereocenters. The van der Waals surface area contributed by atoms with Crippen molar-refractivity contribution in [2.24, 2.45) is 0 Å². The maximum absolute atomic E-state index is 12.4. The number of carbonyl (C=O) groups excluding carboxylic acids is 2. The number of esters is 1. The van der Waals surface area contributed by atoms with E-state index < -0.39 is 5.97 Å². The third kappa shape index (κ3) is 3.83. The summed E-state index contributed by atoms with van der Waals surface area (Å²) in [6.45, 7) is 6.07. The Balaban J connectivity index is 1.65. The van der Waals surface area contributed by atoms with Crippen molar-refractivity contribution in [1.29, 1.82) is 0 Å². The van der Waals surface area contributed by atoms with Crippen molar-refractivity contribution in [2.45, 2.75) is 33.6 Å². The zero-order valence-electron chi connectivity index (χ0n) is 15.0. The fourth-order valence-corrected chi connectivity index (χ4v) is 3.77. The molecule has 1 N–H and O–H groups in total. The third-order valence-electron chi connectivity index (χ3n) is 4.20. The molecule has 0 saturated heterocycles. The molecule has 1 amide bonds. The number of aryl methyl sites for hydroxylation is 2. The lowest BCUT2D eigenvalue weighted by atomic mass is 10.1. The fourth-order valence-electron chi connectivity index (χ4n) is 2.71. The number of hydrogen-bond donors (Lipinski definition) is 1. The van der Waals surface area contributed by atoms with E-state index in [9.17, 15) is 9.59 Å². The van der Waals surface area contributed by atoms with Crippen LogP contribution in [0, 0.1) is 13.8 Å². The Hall–Kier alpha value is -2.54. The molecule has 1 aliphatic rings. The second kappa shape index (κ2) is 7.78. The molecule has 2 heterocycles. The molecule has 0 fully saturated rings. The van der Waals surface area contributed by atoms with Crippen molar-refractivity contribution in [3.05, 3.63) is 39.8 Å². The first-order valence-corrected chi connectivity index (χ1v) is 9.26. The van der Waals surface area contributed by atoms with Gasteiger partial charge in [-0.15, -0.1) is 11.3 Å². The topological polar surface area (TPSA) is 73.9 Å². The van der Waals surface area contributed by atoms with Gasteiger partial charge in [-0.25, -0.2) is 4.79 Å². The summed E-state index contributed by atoms with van der Waals surface area (Å²) < 4.78 is 15.7. The number of carbonyl (C=O) groups is 2. The Labute approximate surface area is 156 Å². The highest BCUT2D eigenvalue weighted by atomic mass is 32.1. The molecule has 26 heavy (non-hydrogen) atoms. The van der Waals surface area contributed by atoms with E-state index in [1.807, 2.05) is 32.0 Å². The van der Waals surface area contributed by atoms with Gasteiger partial charge in [0.2, 0.25) is 12.7 Å². The first kappa shape index (κ1) is 18.3. The van der Waals surface area contributed by atoms with E-state index in [0.29, 0.717) is 35.8 Å². The van der Waals surface area contributed by atoms with E-state index in [1.54, 1.807) is 6.92 Å². The Kier molecular flexibility index (Phi) is 5.46. The summed E-state index contributed by atoms with van der Waals surface area (Å²) in [7, 11) is 0. The monoisotopic (exact) mass is 375 g/mol. The molecule has 0 bridgehead atoms. The van der Waals surface area contributed by atoms with Gasteiger partial charge in [0.1, 0.15) is 5.00 Å². The third-order valence-corrected chi connectivity index (χ3v) is 5.32.